The van der Waals surface area contributed by atoms with Gasteiger partial charge in [-0.3, -0.25) is 4.79 Å². The first-order valence-electron chi connectivity index (χ1n) is 4.98. The number of halogens is 1. The van der Waals surface area contributed by atoms with E-state index in [1.165, 1.54) is 11.3 Å². The minimum atomic E-state index is -0.145. The number of benzene rings is 1. The van der Waals surface area contributed by atoms with Gasteiger partial charge in [-0.05, 0) is 40.5 Å². The van der Waals surface area contributed by atoms with Crippen LogP contribution in [-0.4, -0.2) is 5.91 Å². The van der Waals surface area contributed by atoms with Crippen LogP contribution in [0.5, 0.6) is 0 Å². The van der Waals surface area contributed by atoms with Crippen molar-refractivity contribution in [3.63, 3.8) is 0 Å². The fourth-order valence-electron chi connectivity index (χ4n) is 1.48. The maximum absolute atomic E-state index is 12.0. The molecule has 0 fully saturated rings. The molecule has 3 N–H and O–H groups in total. The molecule has 88 valence electrons. The summed E-state index contributed by atoms with van der Waals surface area (Å²) in [6.45, 7) is 1.91. The second kappa shape index (κ2) is 4.89. The lowest BCUT2D eigenvalue weighted by molar-refractivity contribution is 0.102. The zero-order valence-electron chi connectivity index (χ0n) is 9.16. The van der Waals surface area contributed by atoms with Crippen LogP contribution in [0.4, 0.5) is 11.4 Å². The third-order valence-electron chi connectivity index (χ3n) is 2.37. The van der Waals surface area contributed by atoms with Gasteiger partial charge in [0.1, 0.15) is 0 Å². The highest BCUT2D eigenvalue weighted by atomic mass is 79.9. The molecule has 0 saturated heterocycles. The molecule has 0 aliphatic heterocycles. The number of rotatable bonds is 2. The Kier molecular flexibility index (Phi) is 3.49. The first-order valence-corrected chi connectivity index (χ1v) is 6.65. The van der Waals surface area contributed by atoms with Gasteiger partial charge in [0.15, 0.2) is 0 Å². The zero-order valence-corrected chi connectivity index (χ0v) is 11.6. The quantitative estimate of drug-likeness (QED) is 0.832. The van der Waals surface area contributed by atoms with E-state index in [-0.39, 0.29) is 5.91 Å². The predicted molar refractivity (Wildman–Crippen MR) is 75.6 cm³/mol. The molecule has 5 heteroatoms. The van der Waals surface area contributed by atoms with Crippen molar-refractivity contribution in [3.8, 4) is 0 Å². The van der Waals surface area contributed by atoms with E-state index in [9.17, 15) is 4.79 Å². The monoisotopic (exact) mass is 310 g/mol. The number of hydrogen-bond donors (Lipinski definition) is 2. The van der Waals surface area contributed by atoms with Crippen molar-refractivity contribution < 1.29 is 4.79 Å². The van der Waals surface area contributed by atoms with E-state index in [1.807, 2.05) is 19.1 Å². The van der Waals surface area contributed by atoms with Crippen molar-refractivity contribution in [2.45, 2.75) is 6.92 Å². The molecule has 2 rings (SSSR count). The van der Waals surface area contributed by atoms with Gasteiger partial charge in [-0.15, -0.1) is 11.3 Å². The first kappa shape index (κ1) is 12.1. The first-order chi connectivity index (χ1) is 8.08. The molecule has 3 nitrogen and oxygen atoms in total. The molecule has 1 aromatic carbocycles. The van der Waals surface area contributed by atoms with E-state index in [1.54, 1.807) is 17.5 Å². The summed E-state index contributed by atoms with van der Waals surface area (Å²) in [5.41, 5.74) is 8.67. The van der Waals surface area contributed by atoms with E-state index in [2.05, 4.69) is 21.2 Å². The summed E-state index contributed by atoms with van der Waals surface area (Å²) in [6.07, 6.45) is 0. The number of carbonyl (C=O) groups is 1. The fourth-order valence-corrected chi connectivity index (χ4v) is 2.61. The number of hydrogen-bond acceptors (Lipinski definition) is 3. The van der Waals surface area contributed by atoms with Crippen molar-refractivity contribution in [1.82, 2.24) is 0 Å². The molecule has 0 unspecified atom stereocenters. The van der Waals surface area contributed by atoms with Crippen LogP contribution in [0.2, 0.25) is 0 Å². The SMILES string of the molecule is Cc1cccc(N)c1NC(=O)c1csc(Br)c1. The summed E-state index contributed by atoms with van der Waals surface area (Å²) >= 11 is 4.80. The number of nitrogens with one attached hydrogen (secondary N) is 1. The molecule has 0 aliphatic rings. The number of aryl methyl sites for hydroxylation is 1. The van der Waals surface area contributed by atoms with Gasteiger partial charge in [0, 0.05) is 5.38 Å². The molecule has 2 aromatic rings. The van der Waals surface area contributed by atoms with Crippen molar-refractivity contribution in [2.75, 3.05) is 11.1 Å². The van der Waals surface area contributed by atoms with Crippen LogP contribution in [0.25, 0.3) is 0 Å². The Morgan fingerprint density at radius 1 is 1.47 bits per heavy atom. The third-order valence-corrected chi connectivity index (χ3v) is 3.88. The average molecular weight is 311 g/mol. The Hall–Kier alpha value is -1.33. The standard InChI is InChI=1S/C12H11BrN2OS/c1-7-3-2-4-9(14)11(7)15-12(16)8-5-10(13)17-6-8/h2-6H,14H2,1H3,(H,15,16). The summed E-state index contributed by atoms with van der Waals surface area (Å²) in [7, 11) is 0. The van der Waals surface area contributed by atoms with Gasteiger partial charge in [0.2, 0.25) is 0 Å². The number of carbonyl (C=O) groups excluding carboxylic acids is 1. The number of thiophene rings is 1. The predicted octanol–water partition coefficient (Wildman–Crippen LogP) is 3.65. The van der Waals surface area contributed by atoms with Gasteiger partial charge < -0.3 is 11.1 Å². The van der Waals surface area contributed by atoms with Crippen LogP contribution in [0, 0.1) is 6.92 Å². The van der Waals surface area contributed by atoms with Gasteiger partial charge in [-0.1, -0.05) is 12.1 Å². The Morgan fingerprint density at radius 3 is 2.82 bits per heavy atom. The van der Waals surface area contributed by atoms with Crippen LogP contribution >= 0.6 is 27.3 Å². The number of nitrogen functional groups attached to an aromatic ring is 1. The second-order valence-electron chi connectivity index (χ2n) is 3.63. The lowest BCUT2D eigenvalue weighted by Gasteiger charge is -2.10. The Bertz CT molecular complexity index is 545. The molecule has 0 atom stereocenters. The van der Waals surface area contributed by atoms with Crippen molar-refractivity contribution in [1.29, 1.82) is 0 Å². The van der Waals surface area contributed by atoms with Crippen LogP contribution in [0.3, 0.4) is 0 Å². The Morgan fingerprint density at radius 2 is 2.24 bits per heavy atom. The number of amides is 1. The van der Waals surface area contributed by atoms with Crippen LogP contribution in [-0.2, 0) is 0 Å². The van der Waals surface area contributed by atoms with E-state index < -0.39 is 0 Å². The molecule has 0 spiro atoms. The molecule has 17 heavy (non-hydrogen) atoms. The summed E-state index contributed by atoms with van der Waals surface area (Å²) in [5.74, 6) is -0.145. The van der Waals surface area contributed by atoms with Gasteiger partial charge in [0.05, 0.1) is 20.7 Å². The minimum Gasteiger partial charge on any atom is -0.397 e. The van der Waals surface area contributed by atoms with E-state index in [0.29, 0.717) is 16.9 Å². The van der Waals surface area contributed by atoms with Crippen molar-refractivity contribution >= 4 is 44.5 Å². The maximum Gasteiger partial charge on any atom is 0.256 e. The lowest BCUT2D eigenvalue weighted by atomic mass is 10.1. The summed E-state index contributed by atoms with van der Waals surface area (Å²) in [5, 5.41) is 4.63. The molecule has 0 aliphatic carbocycles. The van der Waals surface area contributed by atoms with Gasteiger partial charge >= 0.3 is 0 Å². The van der Waals surface area contributed by atoms with Crippen LogP contribution in [0.15, 0.2) is 33.4 Å². The van der Waals surface area contributed by atoms with E-state index in [0.717, 1.165) is 9.35 Å². The Labute approximate surface area is 112 Å². The molecular weight excluding hydrogens is 300 g/mol. The number of anilines is 2. The topological polar surface area (TPSA) is 55.1 Å². The van der Waals surface area contributed by atoms with Gasteiger partial charge in [0.25, 0.3) is 5.91 Å². The lowest BCUT2D eigenvalue weighted by Crippen LogP contribution is -2.13. The molecule has 0 saturated carbocycles. The summed E-state index contributed by atoms with van der Waals surface area (Å²) < 4.78 is 0.931. The average Bonchev–Trinajstić information content (AvgIpc) is 2.70. The van der Waals surface area contributed by atoms with Crippen molar-refractivity contribution in [2.24, 2.45) is 0 Å². The maximum atomic E-state index is 12.0. The molecule has 0 radical (unpaired) electrons. The number of para-hydroxylation sites is 1. The Balaban J connectivity index is 2.24. The minimum absolute atomic E-state index is 0.145. The highest BCUT2D eigenvalue weighted by molar-refractivity contribution is 9.11. The molecule has 0 bridgehead atoms. The highest BCUT2D eigenvalue weighted by Crippen LogP contribution is 2.25. The largest absolute Gasteiger partial charge is 0.397 e. The normalized spacial score (nSPS) is 10.2. The summed E-state index contributed by atoms with van der Waals surface area (Å²) in [6, 6.07) is 7.33. The molecular formula is C12H11BrN2OS. The van der Waals surface area contributed by atoms with Crippen LogP contribution in [0.1, 0.15) is 15.9 Å². The van der Waals surface area contributed by atoms with E-state index >= 15 is 0 Å². The van der Waals surface area contributed by atoms with E-state index in [4.69, 9.17) is 5.73 Å². The van der Waals surface area contributed by atoms with Gasteiger partial charge in [-0.25, -0.2) is 0 Å². The third kappa shape index (κ3) is 2.68. The van der Waals surface area contributed by atoms with Gasteiger partial charge in [-0.2, -0.15) is 0 Å². The molecule has 1 heterocycles. The highest BCUT2D eigenvalue weighted by Gasteiger charge is 2.11. The molecule has 1 amide bonds. The zero-order chi connectivity index (χ0) is 12.4. The summed E-state index contributed by atoms with van der Waals surface area (Å²) in [4.78, 5) is 12.0. The second-order valence-corrected chi connectivity index (χ2v) is 5.92. The number of nitrogens with two attached hydrogens (primary N) is 1. The fraction of sp³-hybridized carbons (Fsp3) is 0.0833. The smallest absolute Gasteiger partial charge is 0.256 e. The van der Waals surface area contributed by atoms with Crippen molar-refractivity contribution in [3.05, 3.63) is 44.6 Å². The molecule has 1 aromatic heterocycles. The van der Waals surface area contributed by atoms with Crippen LogP contribution < -0.4 is 11.1 Å².